The van der Waals surface area contributed by atoms with Crippen LogP contribution in [0.1, 0.15) is 0 Å². The lowest BCUT2D eigenvalue weighted by atomic mass is 10.3. The number of esters is 1. The number of ether oxygens (including phenoxy) is 1. The Morgan fingerprint density at radius 3 is 2.71 bits per heavy atom. The van der Waals surface area contributed by atoms with Crippen LogP contribution in [0.2, 0.25) is 0 Å². The van der Waals surface area contributed by atoms with Crippen LogP contribution < -0.4 is 10.6 Å². The van der Waals surface area contributed by atoms with Gasteiger partial charge in [0.1, 0.15) is 18.2 Å². The van der Waals surface area contributed by atoms with E-state index in [2.05, 4.69) is 20.4 Å². The maximum Gasteiger partial charge on any atom is 0.325 e. The van der Waals surface area contributed by atoms with Gasteiger partial charge in [-0.2, -0.15) is 0 Å². The molecule has 0 unspecified atom stereocenters. The number of rotatable bonds is 5. The van der Waals surface area contributed by atoms with E-state index in [9.17, 15) is 14.9 Å². The molecule has 0 saturated heterocycles. The predicted molar refractivity (Wildman–Crippen MR) is 60.9 cm³/mol. The Kier molecular flexibility index (Phi) is 4.21. The Balaban J connectivity index is 2.87. The van der Waals surface area contributed by atoms with Crippen LogP contribution in [0.5, 0.6) is 0 Å². The van der Waals surface area contributed by atoms with E-state index >= 15 is 0 Å². The number of nitrogens with one attached hydrogen (secondary N) is 2. The Hall–Kier alpha value is -2.38. The summed E-state index contributed by atoms with van der Waals surface area (Å²) in [6.45, 7) is -0.103. The molecule has 1 aromatic heterocycles. The minimum atomic E-state index is -0.536. The standard InChI is InChI=1S/C9H12N4O4/c1-10-7-3-6(13(15)16)4-8(12-7)11-5-9(14)17-2/h3-4H,5H2,1-2H3,(H2,10,11,12). The van der Waals surface area contributed by atoms with Gasteiger partial charge in [0.25, 0.3) is 5.69 Å². The van der Waals surface area contributed by atoms with Gasteiger partial charge in [-0.3, -0.25) is 14.9 Å². The quantitative estimate of drug-likeness (QED) is 0.441. The van der Waals surface area contributed by atoms with Crippen LogP contribution in [-0.2, 0) is 9.53 Å². The second-order valence-corrected chi connectivity index (χ2v) is 3.03. The summed E-state index contributed by atoms with van der Waals surface area (Å²) in [6.07, 6.45) is 0. The molecule has 1 aromatic rings. The van der Waals surface area contributed by atoms with E-state index in [1.54, 1.807) is 7.05 Å². The fraction of sp³-hybridized carbons (Fsp3) is 0.333. The van der Waals surface area contributed by atoms with Crippen molar-refractivity contribution in [1.82, 2.24) is 4.98 Å². The smallest absolute Gasteiger partial charge is 0.325 e. The Morgan fingerprint density at radius 1 is 1.53 bits per heavy atom. The molecule has 0 aliphatic heterocycles. The molecule has 0 aliphatic carbocycles. The van der Waals surface area contributed by atoms with Gasteiger partial charge in [-0.25, -0.2) is 4.98 Å². The first-order valence-electron chi connectivity index (χ1n) is 4.71. The molecule has 8 nitrogen and oxygen atoms in total. The van der Waals surface area contributed by atoms with Crippen LogP contribution in [0, 0.1) is 10.1 Å². The zero-order chi connectivity index (χ0) is 12.8. The average Bonchev–Trinajstić information content (AvgIpc) is 2.35. The molecule has 92 valence electrons. The molecule has 0 aliphatic rings. The van der Waals surface area contributed by atoms with Crippen LogP contribution in [0.3, 0.4) is 0 Å². The fourth-order valence-corrected chi connectivity index (χ4v) is 1.08. The lowest BCUT2D eigenvalue weighted by molar-refractivity contribution is -0.384. The first-order chi connectivity index (χ1) is 8.06. The summed E-state index contributed by atoms with van der Waals surface area (Å²) < 4.78 is 4.43. The van der Waals surface area contributed by atoms with Crippen molar-refractivity contribution < 1.29 is 14.5 Å². The van der Waals surface area contributed by atoms with Gasteiger partial charge in [-0.1, -0.05) is 0 Å². The average molecular weight is 240 g/mol. The minimum absolute atomic E-state index is 0.103. The number of pyridine rings is 1. The zero-order valence-corrected chi connectivity index (χ0v) is 9.39. The molecule has 0 atom stereocenters. The van der Waals surface area contributed by atoms with E-state index in [0.717, 1.165) is 0 Å². The summed E-state index contributed by atoms with van der Waals surface area (Å²) in [6, 6.07) is 2.53. The van der Waals surface area contributed by atoms with Gasteiger partial charge in [0.15, 0.2) is 0 Å². The van der Waals surface area contributed by atoms with Crippen LogP contribution in [0.15, 0.2) is 12.1 Å². The van der Waals surface area contributed by atoms with E-state index < -0.39 is 10.9 Å². The minimum Gasteiger partial charge on any atom is -0.468 e. The van der Waals surface area contributed by atoms with E-state index in [0.29, 0.717) is 5.82 Å². The van der Waals surface area contributed by atoms with E-state index in [1.165, 1.54) is 19.2 Å². The van der Waals surface area contributed by atoms with Gasteiger partial charge < -0.3 is 15.4 Å². The van der Waals surface area contributed by atoms with Gasteiger partial charge in [0.05, 0.1) is 24.2 Å². The monoisotopic (exact) mass is 240 g/mol. The number of nitrogens with zero attached hydrogens (tertiary/aromatic N) is 2. The van der Waals surface area contributed by atoms with Crippen molar-refractivity contribution in [3.05, 3.63) is 22.2 Å². The number of hydrogen-bond acceptors (Lipinski definition) is 7. The molecule has 2 N–H and O–H groups in total. The number of anilines is 2. The predicted octanol–water partition coefficient (Wildman–Crippen LogP) is 0.616. The molecule has 0 bridgehead atoms. The lowest BCUT2D eigenvalue weighted by Crippen LogP contribution is -2.16. The van der Waals surface area contributed by atoms with Gasteiger partial charge >= 0.3 is 5.97 Å². The van der Waals surface area contributed by atoms with E-state index in [1.807, 2.05) is 0 Å². The Morgan fingerprint density at radius 2 is 2.18 bits per heavy atom. The highest BCUT2D eigenvalue weighted by molar-refractivity contribution is 5.74. The first-order valence-corrected chi connectivity index (χ1v) is 4.71. The molecule has 0 aromatic carbocycles. The number of nitro groups is 1. The normalized spacial score (nSPS) is 9.53. The molecule has 1 heterocycles. The molecular weight excluding hydrogens is 228 g/mol. The third-order valence-electron chi connectivity index (χ3n) is 1.92. The van der Waals surface area contributed by atoms with Gasteiger partial charge in [-0.05, 0) is 0 Å². The van der Waals surface area contributed by atoms with Crippen molar-refractivity contribution in [2.45, 2.75) is 0 Å². The summed E-state index contributed by atoms with van der Waals surface area (Å²) in [5, 5.41) is 16.0. The second kappa shape index (κ2) is 5.64. The molecule has 8 heteroatoms. The van der Waals surface area contributed by atoms with Crippen LogP contribution >= 0.6 is 0 Å². The van der Waals surface area contributed by atoms with Crippen LogP contribution in [0.25, 0.3) is 0 Å². The zero-order valence-electron chi connectivity index (χ0n) is 9.39. The summed E-state index contributed by atoms with van der Waals surface area (Å²) >= 11 is 0. The van der Waals surface area contributed by atoms with Gasteiger partial charge in [0.2, 0.25) is 0 Å². The van der Waals surface area contributed by atoms with Crippen LogP contribution in [0.4, 0.5) is 17.3 Å². The largest absolute Gasteiger partial charge is 0.468 e. The molecule has 0 fully saturated rings. The van der Waals surface area contributed by atoms with Crippen molar-refractivity contribution in [2.24, 2.45) is 0 Å². The molecular formula is C9H12N4O4. The van der Waals surface area contributed by atoms with E-state index in [4.69, 9.17) is 0 Å². The third kappa shape index (κ3) is 3.59. The lowest BCUT2D eigenvalue weighted by Gasteiger charge is -2.06. The first kappa shape index (κ1) is 12.7. The van der Waals surface area contributed by atoms with Crippen molar-refractivity contribution in [1.29, 1.82) is 0 Å². The second-order valence-electron chi connectivity index (χ2n) is 3.03. The van der Waals surface area contributed by atoms with Crippen molar-refractivity contribution in [3.8, 4) is 0 Å². The molecule has 17 heavy (non-hydrogen) atoms. The maximum absolute atomic E-state index is 10.9. The Labute approximate surface area is 97.1 Å². The number of carbonyl (C=O) groups excluding carboxylic acids is 1. The summed E-state index contributed by atoms with van der Waals surface area (Å²) in [5.41, 5.74) is -0.114. The topological polar surface area (TPSA) is 106 Å². The summed E-state index contributed by atoms with van der Waals surface area (Å²) in [5.74, 6) is 0.0878. The van der Waals surface area contributed by atoms with Crippen molar-refractivity contribution in [2.75, 3.05) is 31.3 Å². The van der Waals surface area contributed by atoms with Gasteiger partial charge in [-0.15, -0.1) is 0 Å². The van der Waals surface area contributed by atoms with Crippen molar-refractivity contribution in [3.63, 3.8) is 0 Å². The van der Waals surface area contributed by atoms with Crippen LogP contribution in [-0.4, -0.2) is 36.6 Å². The third-order valence-corrected chi connectivity index (χ3v) is 1.92. The number of aromatic nitrogens is 1. The number of hydrogen-bond donors (Lipinski definition) is 2. The highest BCUT2D eigenvalue weighted by atomic mass is 16.6. The van der Waals surface area contributed by atoms with Gasteiger partial charge in [0, 0.05) is 7.05 Å². The number of methoxy groups -OCH3 is 1. The number of carbonyl (C=O) groups is 1. The molecule has 0 saturated carbocycles. The van der Waals surface area contributed by atoms with E-state index in [-0.39, 0.29) is 18.1 Å². The summed E-state index contributed by atoms with van der Waals surface area (Å²) in [7, 11) is 2.85. The SMILES string of the molecule is CNc1cc([N+](=O)[O-])cc(NCC(=O)OC)n1. The highest BCUT2D eigenvalue weighted by Crippen LogP contribution is 2.19. The fourth-order valence-electron chi connectivity index (χ4n) is 1.08. The molecule has 0 radical (unpaired) electrons. The molecule has 0 amide bonds. The maximum atomic E-state index is 10.9. The molecule has 0 spiro atoms. The Bertz CT molecular complexity index is 435. The molecule has 1 rings (SSSR count). The highest BCUT2D eigenvalue weighted by Gasteiger charge is 2.11. The van der Waals surface area contributed by atoms with Crippen molar-refractivity contribution >= 4 is 23.3 Å². The summed E-state index contributed by atoms with van der Waals surface area (Å²) in [4.78, 5) is 25.0.